The van der Waals surface area contributed by atoms with E-state index < -0.39 is 0 Å². The molecule has 1 aliphatic rings. The predicted octanol–water partition coefficient (Wildman–Crippen LogP) is 3.89. The molecule has 0 unspecified atom stereocenters. The van der Waals surface area contributed by atoms with Crippen molar-refractivity contribution in [3.05, 3.63) is 17.5 Å². The second kappa shape index (κ2) is 5.94. The predicted molar refractivity (Wildman–Crippen MR) is 60.8 cm³/mol. The van der Waals surface area contributed by atoms with Gasteiger partial charge in [0, 0.05) is 12.0 Å². The molecule has 0 aliphatic heterocycles. The molecule has 0 saturated carbocycles. The summed E-state index contributed by atoms with van der Waals surface area (Å²) in [6.07, 6.45) is 15.1. The number of aryl methyl sites for hydroxylation is 2. The molecule has 0 aromatic carbocycles. The van der Waals surface area contributed by atoms with E-state index in [-0.39, 0.29) is 0 Å². The van der Waals surface area contributed by atoms with Crippen molar-refractivity contribution in [3.8, 4) is 0 Å². The zero-order valence-corrected chi connectivity index (χ0v) is 9.50. The molecular formula is C13H21NO. The van der Waals surface area contributed by atoms with Gasteiger partial charge in [-0.3, -0.25) is 0 Å². The van der Waals surface area contributed by atoms with Crippen LogP contribution in [0.15, 0.2) is 10.7 Å². The summed E-state index contributed by atoms with van der Waals surface area (Å²) in [7, 11) is 0. The third kappa shape index (κ3) is 3.37. The van der Waals surface area contributed by atoms with Gasteiger partial charge in [0.05, 0.1) is 6.20 Å². The molecule has 0 fully saturated rings. The van der Waals surface area contributed by atoms with Crippen molar-refractivity contribution in [1.29, 1.82) is 0 Å². The van der Waals surface area contributed by atoms with Crippen molar-refractivity contribution < 1.29 is 4.52 Å². The van der Waals surface area contributed by atoms with Gasteiger partial charge in [-0.25, -0.2) is 0 Å². The van der Waals surface area contributed by atoms with E-state index in [1.807, 2.05) is 6.20 Å². The Hall–Kier alpha value is -0.790. The third-order valence-electron chi connectivity index (χ3n) is 3.33. The summed E-state index contributed by atoms with van der Waals surface area (Å²) in [6.45, 7) is 0. The molecular weight excluding hydrogens is 186 g/mol. The first-order valence-corrected chi connectivity index (χ1v) is 6.39. The van der Waals surface area contributed by atoms with Gasteiger partial charge in [0.15, 0.2) is 0 Å². The third-order valence-corrected chi connectivity index (χ3v) is 3.33. The van der Waals surface area contributed by atoms with Crippen LogP contribution < -0.4 is 0 Å². The van der Waals surface area contributed by atoms with Crippen molar-refractivity contribution >= 4 is 0 Å². The Morgan fingerprint density at radius 3 is 2.13 bits per heavy atom. The van der Waals surface area contributed by atoms with E-state index in [2.05, 4.69) is 5.16 Å². The molecule has 1 aromatic heterocycles. The molecule has 0 bridgehead atoms. The standard InChI is InChI=1S/C13H21NO/c1-2-4-6-8-10-13-12(11-14-15-13)9-7-5-3-1/h11H,1-10H2. The minimum atomic E-state index is 1.09. The summed E-state index contributed by atoms with van der Waals surface area (Å²) < 4.78 is 5.31. The van der Waals surface area contributed by atoms with Crippen LogP contribution in [0.5, 0.6) is 0 Å². The fourth-order valence-corrected chi connectivity index (χ4v) is 2.36. The lowest BCUT2D eigenvalue weighted by Crippen LogP contribution is -1.93. The van der Waals surface area contributed by atoms with Crippen LogP contribution in [0.4, 0.5) is 0 Å². The summed E-state index contributed by atoms with van der Waals surface area (Å²) in [5.41, 5.74) is 1.36. The largest absolute Gasteiger partial charge is 0.361 e. The zero-order valence-electron chi connectivity index (χ0n) is 9.50. The lowest BCUT2D eigenvalue weighted by molar-refractivity contribution is 0.375. The van der Waals surface area contributed by atoms with E-state index in [0.29, 0.717) is 0 Å². The molecule has 0 N–H and O–H groups in total. The minimum absolute atomic E-state index is 1.09. The summed E-state index contributed by atoms with van der Waals surface area (Å²) >= 11 is 0. The molecule has 0 atom stereocenters. The quantitative estimate of drug-likeness (QED) is 0.645. The Balaban J connectivity index is 1.92. The lowest BCUT2D eigenvalue weighted by Gasteiger charge is -2.05. The highest BCUT2D eigenvalue weighted by atomic mass is 16.5. The molecule has 0 radical (unpaired) electrons. The normalized spacial score (nSPS) is 20.0. The molecule has 0 saturated heterocycles. The summed E-state index contributed by atoms with van der Waals surface area (Å²) in [6, 6.07) is 0. The van der Waals surface area contributed by atoms with E-state index in [4.69, 9.17) is 4.52 Å². The van der Waals surface area contributed by atoms with Crippen LogP contribution in [-0.4, -0.2) is 5.16 Å². The average molecular weight is 207 g/mol. The van der Waals surface area contributed by atoms with Gasteiger partial charge >= 0.3 is 0 Å². The van der Waals surface area contributed by atoms with Gasteiger partial charge in [-0.05, 0) is 19.3 Å². The van der Waals surface area contributed by atoms with Crippen LogP contribution in [-0.2, 0) is 12.8 Å². The Labute approximate surface area is 92.0 Å². The van der Waals surface area contributed by atoms with Crippen molar-refractivity contribution in [1.82, 2.24) is 5.16 Å². The number of nitrogens with zero attached hydrogens (tertiary/aromatic N) is 1. The molecule has 2 nitrogen and oxygen atoms in total. The van der Waals surface area contributed by atoms with E-state index >= 15 is 0 Å². The second-order valence-corrected chi connectivity index (χ2v) is 4.60. The van der Waals surface area contributed by atoms with Crippen LogP contribution in [0.2, 0.25) is 0 Å². The smallest absolute Gasteiger partial charge is 0.139 e. The molecule has 2 heteroatoms. The van der Waals surface area contributed by atoms with Gasteiger partial charge in [-0.15, -0.1) is 0 Å². The number of hydrogen-bond donors (Lipinski definition) is 0. The summed E-state index contributed by atoms with van der Waals surface area (Å²) in [5.74, 6) is 1.15. The van der Waals surface area contributed by atoms with E-state index in [0.717, 1.165) is 12.2 Å². The number of hydrogen-bond acceptors (Lipinski definition) is 2. The van der Waals surface area contributed by atoms with E-state index in [1.54, 1.807) is 0 Å². The van der Waals surface area contributed by atoms with Crippen LogP contribution in [0.25, 0.3) is 0 Å². The highest BCUT2D eigenvalue weighted by molar-refractivity contribution is 5.13. The monoisotopic (exact) mass is 207 g/mol. The van der Waals surface area contributed by atoms with Gasteiger partial charge in [-0.1, -0.05) is 43.7 Å². The van der Waals surface area contributed by atoms with Gasteiger partial charge in [-0.2, -0.15) is 0 Å². The highest BCUT2D eigenvalue weighted by Crippen LogP contribution is 2.18. The van der Waals surface area contributed by atoms with E-state index in [9.17, 15) is 0 Å². The Morgan fingerprint density at radius 1 is 0.800 bits per heavy atom. The van der Waals surface area contributed by atoms with Gasteiger partial charge in [0.2, 0.25) is 0 Å². The maximum Gasteiger partial charge on any atom is 0.139 e. The Morgan fingerprint density at radius 2 is 1.40 bits per heavy atom. The Kier molecular flexibility index (Phi) is 4.24. The molecule has 15 heavy (non-hydrogen) atoms. The first kappa shape index (κ1) is 10.7. The summed E-state index contributed by atoms with van der Waals surface area (Å²) in [5, 5.41) is 3.92. The average Bonchev–Trinajstić information content (AvgIpc) is 2.65. The number of fused-ring (bicyclic) bond motifs is 1. The maximum absolute atomic E-state index is 5.31. The first-order valence-electron chi connectivity index (χ1n) is 6.39. The first-order chi connectivity index (χ1) is 7.47. The summed E-state index contributed by atoms with van der Waals surface area (Å²) in [4.78, 5) is 0. The second-order valence-electron chi connectivity index (χ2n) is 4.60. The molecule has 0 amide bonds. The fraction of sp³-hybridized carbons (Fsp3) is 0.769. The molecule has 1 aliphatic carbocycles. The molecule has 1 aromatic rings. The maximum atomic E-state index is 5.31. The van der Waals surface area contributed by atoms with Gasteiger partial charge in [0.25, 0.3) is 0 Å². The highest BCUT2D eigenvalue weighted by Gasteiger charge is 2.08. The molecule has 84 valence electrons. The van der Waals surface area contributed by atoms with Gasteiger partial charge in [0.1, 0.15) is 5.76 Å². The van der Waals surface area contributed by atoms with Crippen LogP contribution >= 0.6 is 0 Å². The van der Waals surface area contributed by atoms with E-state index in [1.165, 1.54) is 63.4 Å². The topological polar surface area (TPSA) is 26.0 Å². The fourth-order valence-electron chi connectivity index (χ4n) is 2.36. The van der Waals surface area contributed by atoms with Crippen LogP contribution in [0, 0.1) is 0 Å². The lowest BCUT2D eigenvalue weighted by atomic mass is 10.0. The minimum Gasteiger partial charge on any atom is -0.361 e. The van der Waals surface area contributed by atoms with Crippen molar-refractivity contribution in [2.24, 2.45) is 0 Å². The zero-order chi connectivity index (χ0) is 10.3. The molecule has 1 heterocycles. The van der Waals surface area contributed by atoms with Crippen molar-refractivity contribution in [3.63, 3.8) is 0 Å². The van der Waals surface area contributed by atoms with Crippen LogP contribution in [0.1, 0.15) is 62.7 Å². The molecule has 2 rings (SSSR count). The SMILES string of the molecule is c1noc2c1CCCCCCCCCC2. The van der Waals surface area contributed by atoms with Crippen molar-refractivity contribution in [2.45, 2.75) is 64.2 Å². The number of aromatic nitrogens is 1. The Bertz CT molecular complexity index is 253. The van der Waals surface area contributed by atoms with Crippen molar-refractivity contribution in [2.75, 3.05) is 0 Å². The van der Waals surface area contributed by atoms with Crippen LogP contribution in [0.3, 0.4) is 0 Å². The molecule has 0 spiro atoms. The number of rotatable bonds is 0. The van der Waals surface area contributed by atoms with Gasteiger partial charge < -0.3 is 4.52 Å².